The van der Waals surface area contributed by atoms with Gasteiger partial charge in [-0.3, -0.25) is 10.1 Å². The van der Waals surface area contributed by atoms with Gasteiger partial charge in [0, 0.05) is 22.6 Å². The Balaban J connectivity index is 1.55. The number of thiazole rings is 1. The molecule has 0 bridgehead atoms. The number of nitrogens with one attached hydrogen (secondary N) is 1. The number of anilines is 1. The van der Waals surface area contributed by atoms with Gasteiger partial charge in [-0.1, -0.05) is 48.5 Å². The first-order valence-corrected chi connectivity index (χ1v) is 9.36. The molecule has 0 aliphatic heterocycles. The maximum Gasteiger partial charge on any atom is 0.331 e. The van der Waals surface area contributed by atoms with E-state index in [-0.39, 0.29) is 5.56 Å². The summed E-state index contributed by atoms with van der Waals surface area (Å²) in [6, 6.07) is 15.6. The monoisotopic (exact) mass is 396 g/mol. The fraction of sp³-hybridized carbons (Fsp3) is 0.0952. The zero-order chi connectivity index (χ0) is 19.9. The van der Waals surface area contributed by atoms with Crippen LogP contribution in [0.15, 0.2) is 66.1 Å². The fourth-order valence-corrected chi connectivity index (χ4v) is 3.04. The Bertz CT molecular complexity index is 1000. The predicted molar refractivity (Wildman–Crippen MR) is 107 cm³/mol. The second-order valence-electron chi connectivity index (χ2n) is 5.83. The number of carbonyl (C=O) groups excluding carboxylic acids is 2. The second-order valence-corrected chi connectivity index (χ2v) is 6.69. The Morgan fingerprint density at radius 2 is 1.86 bits per heavy atom. The van der Waals surface area contributed by atoms with Crippen molar-refractivity contribution in [1.29, 1.82) is 0 Å². The topological polar surface area (TPSA) is 68.3 Å². The van der Waals surface area contributed by atoms with E-state index in [1.165, 1.54) is 36.5 Å². The molecular weight excluding hydrogens is 379 g/mol. The van der Waals surface area contributed by atoms with Crippen LogP contribution in [0.1, 0.15) is 12.5 Å². The minimum atomic E-state index is -1.03. The van der Waals surface area contributed by atoms with Gasteiger partial charge in [0.15, 0.2) is 11.2 Å². The number of aromatic nitrogens is 1. The largest absolute Gasteiger partial charge is 0.449 e. The van der Waals surface area contributed by atoms with Crippen LogP contribution in [0.2, 0.25) is 0 Å². The van der Waals surface area contributed by atoms with Gasteiger partial charge in [-0.15, -0.1) is 11.3 Å². The summed E-state index contributed by atoms with van der Waals surface area (Å²) < 4.78 is 18.6. The summed E-state index contributed by atoms with van der Waals surface area (Å²) in [6.07, 6.45) is 1.36. The van der Waals surface area contributed by atoms with Crippen molar-refractivity contribution >= 4 is 34.4 Å². The van der Waals surface area contributed by atoms with Gasteiger partial charge >= 0.3 is 5.97 Å². The molecule has 0 fully saturated rings. The van der Waals surface area contributed by atoms with Crippen molar-refractivity contribution in [2.45, 2.75) is 13.0 Å². The maximum absolute atomic E-state index is 13.5. The lowest BCUT2D eigenvalue weighted by Gasteiger charge is -2.10. The van der Waals surface area contributed by atoms with E-state index >= 15 is 0 Å². The van der Waals surface area contributed by atoms with E-state index in [9.17, 15) is 14.0 Å². The van der Waals surface area contributed by atoms with E-state index in [1.54, 1.807) is 12.1 Å². The van der Waals surface area contributed by atoms with Crippen LogP contribution >= 0.6 is 11.3 Å². The molecule has 7 heteroatoms. The van der Waals surface area contributed by atoms with Gasteiger partial charge in [0.25, 0.3) is 5.91 Å². The second kappa shape index (κ2) is 9.05. The zero-order valence-electron chi connectivity index (χ0n) is 15.0. The first kappa shape index (κ1) is 19.4. The van der Waals surface area contributed by atoms with Crippen LogP contribution in [0, 0.1) is 5.82 Å². The van der Waals surface area contributed by atoms with Crippen LogP contribution in [0.3, 0.4) is 0 Å². The van der Waals surface area contributed by atoms with Crippen LogP contribution in [0.4, 0.5) is 9.52 Å². The standard InChI is InChI=1S/C21H17FN2O3S/c1-14(27-19(25)12-11-15-7-5-6-10-17(15)22)20(26)24-21-23-18(13-28-21)16-8-3-2-4-9-16/h2-14H,1H3,(H,23,24,26)/b12-11+/t14-/m0/s1. The molecule has 142 valence electrons. The fourth-order valence-electron chi connectivity index (χ4n) is 2.31. The number of rotatable bonds is 6. The van der Waals surface area contributed by atoms with Gasteiger partial charge < -0.3 is 4.74 Å². The molecule has 1 heterocycles. The summed E-state index contributed by atoms with van der Waals surface area (Å²) in [6.45, 7) is 1.45. The molecule has 0 aliphatic rings. The van der Waals surface area contributed by atoms with Crippen LogP contribution < -0.4 is 5.32 Å². The molecule has 0 unspecified atom stereocenters. The third-order valence-corrected chi connectivity index (χ3v) is 4.53. The van der Waals surface area contributed by atoms with Crippen LogP contribution in [0.5, 0.6) is 0 Å². The van der Waals surface area contributed by atoms with Crippen LogP contribution in [-0.4, -0.2) is 23.0 Å². The average Bonchev–Trinajstić information content (AvgIpc) is 3.16. The molecule has 1 atom stereocenters. The average molecular weight is 396 g/mol. The highest BCUT2D eigenvalue weighted by atomic mass is 32.1. The Morgan fingerprint density at radius 3 is 2.61 bits per heavy atom. The Kier molecular flexibility index (Phi) is 6.29. The molecule has 3 rings (SSSR count). The molecule has 28 heavy (non-hydrogen) atoms. The van der Waals surface area contributed by atoms with Crippen molar-refractivity contribution in [2.24, 2.45) is 0 Å². The molecule has 2 aromatic carbocycles. The van der Waals surface area contributed by atoms with E-state index in [2.05, 4.69) is 10.3 Å². The molecule has 3 aromatic rings. The molecule has 0 aliphatic carbocycles. The van der Waals surface area contributed by atoms with Gasteiger partial charge in [0.1, 0.15) is 5.82 Å². The van der Waals surface area contributed by atoms with Crippen LogP contribution in [-0.2, 0) is 14.3 Å². The Morgan fingerprint density at radius 1 is 1.14 bits per heavy atom. The summed E-state index contributed by atoms with van der Waals surface area (Å²) in [5, 5.41) is 4.87. The predicted octanol–water partition coefficient (Wildman–Crippen LogP) is 4.53. The summed E-state index contributed by atoms with van der Waals surface area (Å²) >= 11 is 1.28. The third-order valence-electron chi connectivity index (χ3n) is 3.77. The number of esters is 1. The highest BCUT2D eigenvalue weighted by Gasteiger charge is 2.18. The molecule has 0 radical (unpaired) electrons. The number of hydrogen-bond donors (Lipinski definition) is 1. The third kappa shape index (κ3) is 5.11. The smallest absolute Gasteiger partial charge is 0.331 e. The zero-order valence-corrected chi connectivity index (χ0v) is 15.8. The number of amides is 1. The van der Waals surface area contributed by atoms with Crippen molar-refractivity contribution in [3.63, 3.8) is 0 Å². The normalized spacial score (nSPS) is 11.9. The molecule has 1 aromatic heterocycles. The maximum atomic E-state index is 13.5. The molecule has 0 saturated carbocycles. The molecule has 0 saturated heterocycles. The number of hydrogen-bond acceptors (Lipinski definition) is 5. The summed E-state index contributed by atoms with van der Waals surface area (Å²) in [4.78, 5) is 28.4. The van der Waals surface area contributed by atoms with E-state index in [1.807, 2.05) is 35.7 Å². The lowest BCUT2D eigenvalue weighted by atomic mass is 10.2. The van der Waals surface area contributed by atoms with Crippen molar-refractivity contribution in [3.8, 4) is 11.3 Å². The lowest BCUT2D eigenvalue weighted by molar-refractivity contribution is -0.148. The first-order valence-electron chi connectivity index (χ1n) is 8.48. The molecule has 0 spiro atoms. The Hall–Kier alpha value is -3.32. The van der Waals surface area contributed by atoms with Gasteiger partial charge in [-0.25, -0.2) is 14.2 Å². The van der Waals surface area contributed by atoms with E-state index < -0.39 is 23.8 Å². The van der Waals surface area contributed by atoms with Gasteiger partial charge in [0.05, 0.1) is 5.69 Å². The quantitative estimate of drug-likeness (QED) is 0.491. The van der Waals surface area contributed by atoms with Crippen molar-refractivity contribution in [3.05, 3.63) is 77.4 Å². The van der Waals surface area contributed by atoms with E-state index in [4.69, 9.17) is 4.74 Å². The molecule has 1 amide bonds. The summed E-state index contributed by atoms with van der Waals surface area (Å²) in [5.41, 5.74) is 1.95. The molecular formula is C21H17FN2O3S. The first-order chi connectivity index (χ1) is 13.5. The number of nitrogens with zero attached hydrogens (tertiary/aromatic N) is 1. The van der Waals surface area contributed by atoms with Crippen molar-refractivity contribution in [2.75, 3.05) is 5.32 Å². The number of ether oxygens (including phenoxy) is 1. The SMILES string of the molecule is C[C@H](OC(=O)/C=C/c1ccccc1F)C(=O)Nc1nc(-c2ccccc2)cs1. The molecule has 1 N–H and O–H groups in total. The van der Waals surface area contributed by atoms with Gasteiger partial charge in [-0.2, -0.15) is 0 Å². The summed E-state index contributed by atoms with van der Waals surface area (Å²) in [7, 11) is 0. The lowest BCUT2D eigenvalue weighted by Crippen LogP contribution is -2.29. The van der Waals surface area contributed by atoms with Gasteiger partial charge in [-0.05, 0) is 19.1 Å². The minimum absolute atomic E-state index is 0.257. The van der Waals surface area contributed by atoms with E-state index in [0.717, 1.165) is 17.3 Å². The highest BCUT2D eigenvalue weighted by molar-refractivity contribution is 7.14. The molecule has 5 nitrogen and oxygen atoms in total. The summed E-state index contributed by atoms with van der Waals surface area (Å²) in [5.74, 6) is -1.69. The number of benzene rings is 2. The van der Waals surface area contributed by atoms with Gasteiger partial charge in [0.2, 0.25) is 0 Å². The Labute approximate surface area is 165 Å². The van der Waals surface area contributed by atoms with Crippen molar-refractivity contribution in [1.82, 2.24) is 4.98 Å². The van der Waals surface area contributed by atoms with E-state index in [0.29, 0.717) is 5.13 Å². The minimum Gasteiger partial charge on any atom is -0.449 e. The number of halogens is 1. The van der Waals surface area contributed by atoms with Crippen molar-refractivity contribution < 1.29 is 18.7 Å². The number of carbonyl (C=O) groups is 2. The highest BCUT2D eigenvalue weighted by Crippen LogP contribution is 2.24. The van der Waals surface area contributed by atoms with Crippen LogP contribution in [0.25, 0.3) is 17.3 Å².